The quantitative estimate of drug-likeness (QED) is 0.667. The van der Waals surface area contributed by atoms with Crippen LogP contribution < -0.4 is 0 Å². The number of benzene rings is 1. The largest absolute Gasteiger partial charge is 0.206 e. The molecule has 0 heterocycles. The Bertz CT molecular complexity index is 343. The van der Waals surface area contributed by atoms with Crippen LogP contribution in [0, 0.1) is 11.2 Å². The molecule has 0 aliphatic rings. The van der Waals surface area contributed by atoms with Crippen LogP contribution in [0.2, 0.25) is 0 Å². The molecule has 1 aromatic carbocycles. The number of hydrogen-bond acceptors (Lipinski definition) is 0. The lowest BCUT2D eigenvalue weighted by atomic mass is 9.83. The van der Waals surface area contributed by atoms with Gasteiger partial charge in [-0.3, -0.25) is 0 Å². The Morgan fingerprint density at radius 2 is 1.94 bits per heavy atom. The van der Waals surface area contributed by atoms with Crippen molar-refractivity contribution in [2.75, 3.05) is 11.8 Å². The van der Waals surface area contributed by atoms with E-state index in [0.717, 1.165) is 12.0 Å². The Morgan fingerprint density at radius 1 is 1.31 bits per heavy atom. The van der Waals surface area contributed by atoms with Gasteiger partial charge in [-0.05, 0) is 40.4 Å². The van der Waals surface area contributed by atoms with Gasteiger partial charge in [0.25, 0.3) is 0 Å². The van der Waals surface area contributed by atoms with Crippen LogP contribution in [0.15, 0.2) is 22.7 Å². The SMILES string of the molecule is CCC(CCl)(CCl)Cc1cccc(F)c1Br. The fourth-order valence-electron chi connectivity index (χ4n) is 1.53. The zero-order valence-electron chi connectivity index (χ0n) is 9.07. The Hall–Kier alpha value is 0.210. The monoisotopic (exact) mass is 326 g/mol. The highest BCUT2D eigenvalue weighted by Gasteiger charge is 2.27. The van der Waals surface area contributed by atoms with Gasteiger partial charge in [-0.15, -0.1) is 23.2 Å². The average Bonchev–Trinajstić information content (AvgIpc) is 2.32. The summed E-state index contributed by atoms with van der Waals surface area (Å²) in [5.74, 6) is 0.720. The molecule has 16 heavy (non-hydrogen) atoms. The van der Waals surface area contributed by atoms with Crippen LogP contribution >= 0.6 is 39.1 Å². The Morgan fingerprint density at radius 3 is 2.44 bits per heavy atom. The minimum absolute atomic E-state index is 0.153. The molecule has 0 N–H and O–H groups in total. The summed E-state index contributed by atoms with van der Waals surface area (Å²) >= 11 is 15.2. The first kappa shape index (κ1) is 14.3. The van der Waals surface area contributed by atoms with Crippen LogP contribution in [0.3, 0.4) is 0 Å². The van der Waals surface area contributed by atoms with Crippen LogP contribution in [0.5, 0.6) is 0 Å². The molecule has 0 amide bonds. The van der Waals surface area contributed by atoms with Gasteiger partial charge in [-0.25, -0.2) is 4.39 Å². The van der Waals surface area contributed by atoms with Gasteiger partial charge >= 0.3 is 0 Å². The molecule has 0 aromatic heterocycles. The summed E-state index contributed by atoms with van der Waals surface area (Å²) in [5, 5.41) is 0. The van der Waals surface area contributed by atoms with Crippen molar-refractivity contribution in [1.82, 2.24) is 0 Å². The molecular formula is C12H14BrCl2F. The highest BCUT2D eigenvalue weighted by atomic mass is 79.9. The van der Waals surface area contributed by atoms with E-state index in [1.165, 1.54) is 6.07 Å². The molecule has 0 atom stereocenters. The number of rotatable bonds is 5. The predicted octanol–water partition coefficient (Wildman–Crippen LogP) is 5.00. The van der Waals surface area contributed by atoms with Gasteiger partial charge < -0.3 is 0 Å². The lowest BCUT2D eigenvalue weighted by Crippen LogP contribution is -2.27. The highest BCUT2D eigenvalue weighted by Crippen LogP contribution is 2.33. The van der Waals surface area contributed by atoms with E-state index in [2.05, 4.69) is 22.9 Å². The Kier molecular flexibility index (Phi) is 5.55. The first-order chi connectivity index (χ1) is 7.58. The molecule has 0 fully saturated rings. The van der Waals surface area contributed by atoms with E-state index in [1.807, 2.05) is 6.07 Å². The molecule has 0 nitrogen and oxygen atoms in total. The van der Waals surface area contributed by atoms with Gasteiger partial charge in [-0.2, -0.15) is 0 Å². The van der Waals surface area contributed by atoms with E-state index < -0.39 is 0 Å². The van der Waals surface area contributed by atoms with Crippen molar-refractivity contribution < 1.29 is 4.39 Å². The molecule has 1 aromatic rings. The predicted molar refractivity (Wildman–Crippen MR) is 72.0 cm³/mol. The standard InChI is InChI=1S/C12H14BrCl2F/c1-2-12(7-14,8-15)6-9-4-3-5-10(16)11(9)13/h3-5H,2,6-8H2,1H3. The normalized spacial score (nSPS) is 11.8. The second kappa shape index (κ2) is 6.23. The van der Waals surface area contributed by atoms with Gasteiger partial charge in [0.15, 0.2) is 0 Å². The van der Waals surface area contributed by atoms with E-state index in [4.69, 9.17) is 23.2 Å². The van der Waals surface area contributed by atoms with E-state index in [1.54, 1.807) is 6.07 Å². The lowest BCUT2D eigenvalue weighted by Gasteiger charge is -2.28. The van der Waals surface area contributed by atoms with E-state index in [-0.39, 0.29) is 11.2 Å². The average molecular weight is 328 g/mol. The zero-order chi connectivity index (χ0) is 12.2. The van der Waals surface area contributed by atoms with Crippen molar-refractivity contribution in [3.63, 3.8) is 0 Å². The third-order valence-electron chi connectivity index (χ3n) is 2.91. The second-order valence-corrected chi connectivity index (χ2v) is 5.34. The molecule has 0 spiro atoms. The van der Waals surface area contributed by atoms with Gasteiger partial charge in [0, 0.05) is 17.2 Å². The molecule has 0 unspecified atom stereocenters. The third kappa shape index (κ3) is 3.12. The first-order valence-electron chi connectivity index (χ1n) is 5.13. The molecule has 0 aliphatic heterocycles. The van der Waals surface area contributed by atoms with Gasteiger partial charge in [0.1, 0.15) is 5.82 Å². The fraction of sp³-hybridized carbons (Fsp3) is 0.500. The molecule has 0 saturated heterocycles. The molecular weight excluding hydrogens is 314 g/mol. The maximum Gasteiger partial charge on any atom is 0.137 e. The van der Waals surface area contributed by atoms with Crippen molar-refractivity contribution in [2.45, 2.75) is 19.8 Å². The molecule has 0 bridgehead atoms. The fourth-order valence-corrected chi connectivity index (χ4v) is 2.79. The summed E-state index contributed by atoms with van der Waals surface area (Å²) < 4.78 is 13.9. The first-order valence-corrected chi connectivity index (χ1v) is 6.99. The van der Waals surface area contributed by atoms with Crippen LogP contribution in [-0.2, 0) is 6.42 Å². The molecule has 1 rings (SSSR count). The molecule has 0 radical (unpaired) electrons. The summed E-state index contributed by atoms with van der Waals surface area (Å²) in [6.07, 6.45) is 1.57. The van der Waals surface area contributed by atoms with Crippen LogP contribution in [-0.4, -0.2) is 11.8 Å². The van der Waals surface area contributed by atoms with Gasteiger partial charge in [0.05, 0.1) is 4.47 Å². The van der Waals surface area contributed by atoms with Crippen LogP contribution in [0.25, 0.3) is 0 Å². The Balaban J connectivity index is 2.98. The topological polar surface area (TPSA) is 0 Å². The zero-order valence-corrected chi connectivity index (χ0v) is 12.2. The summed E-state index contributed by atoms with van der Waals surface area (Å²) in [6, 6.07) is 5.04. The van der Waals surface area contributed by atoms with Gasteiger partial charge in [0.2, 0.25) is 0 Å². The van der Waals surface area contributed by atoms with Crippen molar-refractivity contribution in [2.24, 2.45) is 5.41 Å². The highest BCUT2D eigenvalue weighted by molar-refractivity contribution is 9.10. The van der Waals surface area contributed by atoms with Crippen molar-refractivity contribution in [3.8, 4) is 0 Å². The van der Waals surface area contributed by atoms with Crippen molar-refractivity contribution in [3.05, 3.63) is 34.1 Å². The van der Waals surface area contributed by atoms with E-state index in [0.29, 0.717) is 22.7 Å². The summed E-state index contributed by atoms with van der Waals surface area (Å²) in [6.45, 7) is 2.05. The van der Waals surface area contributed by atoms with Crippen LogP contribution in [0.4, 0.5) is 4.39 Å². The summed E-state index contributed by atoms with van der Waals surface area (Å²) in [5.41, 5.74) is 0.766. The second-order valence-electron chi connectivity index (χ2n) is 4.01. The van der Waals surface area contributed by atoms with Crippen molar-refractivity contribution >= 4 is 39.1 Å². The molecule has 0 aliphatic carbocycles. The smallest absolute Gasteiger partial charge is 0.137 e. The summed E-state index contributed by atoms with van der Waals surface area (Å²) in [7, 11) is 0. The van der Waals surface area contributed by atoms with Crippen molar-refractivity contribution in [1.29, 1.82) is 0 Å². The maximum atomic E-state index is 13.4. The molecule has 4 heteroatoms. The minimum Gasteiger partial charge on any atom is -0.206 e. The summed E-state index contributed by atoms with van der Waals surface area (Å²) in [4.78, 5) is 0. The minimum atomic E-state index is -0.244. The molecule has 90 valence electrons. The van der Waals surface area contributed by atoms with Gasteiger partial charge in [-0.1, -0.05) is 19.1 Å². The number of halogens is 4. The Labute approximate surface area is 114 Å². The number of hydrogen-bond donors (Lipinski definition) is 0. The third-order valence-corrected chi connectivity index (χ3v) is 4.94. The maximum absolute atomic E-state index is 13.4. The van der Waals surface area contributed by atoms with E-state index >= 15 is 0 Å². The lowest BCUT2D eigenvalue weighted by molar-refractivity contribution is 0.360. The van der Waals surface area contributed by atoms with Crippen LogP contribution in [0.1, 0.15) is 18.9 Å². The van der Waals surface area contributed by atoms with E-state index in [9.17, 15) is 4.39 Å². The number of alkyl halides is 2. The molecule has 0 saturated carbocycles.